The van der Waals surface area contributed by atoms with Gasteiger partial charge in [-0.2, -0.15) is 0 Å². The van der Waals surface area contributed by atoms with Gasteiger partial charge in [0.2, 0.25) is 0 Å². The Labute approximate surface area is 183 Å². The third kappa shape index (κ3) is 5.37. The first-order chi connectivity index (χ1) is 14.5. The normalized spacial score (nSPS) is 11.8. The van der Waals surface area contributed by atoms with Gasteiger partial charge in [0.05, 0.1) is 21.8 Å². The minimum Gasteiger partial charge on any atom is -0.505 e. The lowest BCUT2D eigenvalue weighted by atomic mass is 9.99. The summed E-state index contributed by atoms with van der Waals surface area (Å²) in [6.45, 7) is 0. The Morgan fingerprint density at radius 1 is 0.967 bits per heavy atom. The molecule has 0 heterocycles. The summed E-state index contributed by atoms with van der Waals surface area (Å²) in [5.41, 5.74) is 8.00. The SMILES string of the molecule is NC(=NC=Nc1cc(Cl)c(O)c(Cl)c1)C(=O)NC(c1ccccc1)c1ccccc1. The van der Waals surface area contributed by atoms with E-state index in [1.54, 1.807) is 0 Å². The zero-order chi connectivity index (χ0) is 21.5. The third-order valence-electron chi connectivity index (χ3n) is 4.18. The van der Waals surface area contributed by atoms with Crippen molar-refractivity contribution in [3.05, 3.63) is 94.0 Å². The van der Waals surface area contributed by atoms with Crippen molar-refractivity contribution < 1.29 is 9.90 Å². The summed E-state index contributed by atoms with van der Waals surface area (Å²) in [6, 6.07) is 21.5. The predicted octanol–water partition coefficient (Wildman–Crippen LogP) is 4.62. The number of aliphatic imine (C=N–C) groups is 2. The molecule has 3 aromatic rings. The number of carbonyl (C=O) groups excluding carboxylic acids is 1. The van der Waals surface area contributed by atoms with Crippen molar-refractivity contribution in [2.45, 2.75) is 6.04 Å². The van der Waals surface area contributed by atoms with E-state index >= 15 is 0 Å². The number of nitrogens with one attached hydrogen (secondary N) is 1. The maximum atomic E-state index is 12.6. The van der Waals surface area contributed by atoms with Crippen LogP contribution in [-0.4, -0.2) is 23.2 Å². The number of nitrogens with two attached hydrogens (primary N) is 1. The van der Waals surface area contributed by atoms with Gasteiger partial charge < -0.3 is 16.2 Å². The van der Waals surface area contributed by atoms with Gasteiger partial charge in [0, 0.05) is 0 Å². The molecule has 0 radical (unpaired) electrons. The molecule has 8 heteroatoms. The lowest BCUT2D eigenvalue weighted by Gasteiger charge is -2.19. The highest BCUT2D eigenvalue weighted by molar-refractivity contribution is 6.38. The van der Waals surface area contributed by atoms with E-state index in [2.05, 4.69) is 15.3 Å². The number of hydrogen-bond donors (Lipinski definition) is 3. The number of aromatic hydroxyl groups is 1. The smallest absolute Gasteiger partial charge is 0.287 e. The quantitative estimate of drug-likeness (QED) is 0.398. The molecule has 0 aromatic heterocycles. The minimum absolute atomic E-state index is 0.0536. The summed E-state index contributed by atoms with van der Waals surface area (Å²) in [5.74, 6) is -1.03. The van der Waals surface area contributed by atoms with Crippen LogP contribution in [0.1, 0.15) is 17.2 Å². The molecule has 0 spiro atoms. The molecule has 0 saturated heterocycles. The monoisotopic (exact) mass is 440 g/mol. The number of carbonyl (C=O) groups is 1. The van der Waals surface area contributed by atoms with Crippen LogP contribution >= 0.6 is 23.2 Å². The topological polar surface area (TPSA) is 100 Å². The van der Waals surface area contributed by atoms with Crippen LogP contribution in [-0.2, 0) is 4.79 Å². The average molecular weight is 441 g/mol. The fourth-order valence-electron chi connectivity index (χ4n) is 2.70. The highest BCUT2D eigenvalue weighted by atomic mass is 35.5. The van der Waals surface area contributed by atoms with Crippen molar-refractivity contribution in [2.75, 3.05) is 0 Å². The Morgan fingerprint density at radius 2 is 1.47 bits per heavy atom. The van der Waals surface area contributed by atoms with Crippen LogP contribution in [0.15, 0.2) is 82.8 Å². The van der Waals surface area contributed by atoms with Crippen LogP contribution in [0.25, 0.3) is 0 Å². The molecular weight excluding hydrogens is 423 g/mol. The molecule has 0 atom stereocenters. The summed E-state index contributed by atoms with van der Waals surface area (Å²) < 4.78 is 0. The molecule has 4 N–H and O–H groups in total. The summed E-state index contributed by atoms with van der Waals surface area (Å²) >= 11 is 11.7. The predicted molar refractivity (Wildman–Crippen MR) is 121 cm³/mol. The van der Waals surface area contributed by atoms with Crippen molar-refractivity contribution in [1.82, 2.24) is 5.32 Å². The molecule has 0 saturated carbocycles. The second-order valence-corrected chi connectivity index (χ2v) is 7.06. The van der Waals surface area contributed by atoms with E-state index in [-0.39, 0.29) is 27.7 Å². The Morgan fingerprint density at radius 3 is 1.97 bits per heavy atom. The van der Waals surface area contributed by atoms with Gasteiger partial charge in [0.15, 0.2) is 11.6 Å². The van der Waals surface area contributed by atoms with Crippen molar-refractivity contribution in [3.63, 3.8) is 0 Å². The van der Waals surface area contributed by atoms with E-state index in [4.69, 9.17) is 28.9 Å². The van der Waals surface area contributed by atoms with E-state index in [1.165, 1.54) is 12.1 Å². The fourth-order valence-corrected chi connectivity index (χ4v) is 3.17. The first-order valence-electron chi connectivity index (χ1n) is 8.90. The van der Waals surface area contributed by atoms with Gasteiger partial charge in [-0.25, -0.2) is 9.98 Å². The average Bonchev–Trinajstić information content (AvgIpc) is 2.76. The Bertz CT molecular complexity index is 1020. The first-order valence-corrected chi connectivity index (χ1v) is 9.66. The van der Waals surface area contributed by atoms with Crippen LogP contribution < -0.4 is 11.1 Å². The van der Waals surface area contributed by atoms with Gasteiger partial charge in [-0.1, -0.05) is 83.9 Å². The van der Waals surface area contributed by atoms with Gasteiger partial charge in [0.25, 0.3) is 5.91 Å². The first kappa shape index (κ1) is 21.4. The van der Waals surface area contributed by atoms with Gasteiger partial charge in [-0.05, 0) is 23.3 Å². The van der Waals surface area contributed by atoms with Gasteiger partial charge >= 0.3 is 0 Å². The molecule has 3 aromatic carbocycles. The van der Waals surface area contributed by atoms with Crippen LogP contribution in [0.5, 0.6) is 5.75 Å². The molecule has 0 fully saturated rings. The third-order valence-corrected chi connectivity index (χ3v) is 4.76. The molecule has 3 rings (SSSR count). The van der Waals surface area contributed by atoms with E-state index in [0.717, 1.165) is 17.5 Å². The number of hydrogen-bond acceptors (Lipinski definition) is 3. The molecule has 6 nitrogen and oxygen atoms in total. The zero-order valence-corrected chi connectivity index (χ0v) is 17.2. The van der Waals surface area contributed by atoms with E-state index in [9.17, 15) is 9.90 Å². The molecular formula is C22H18Cl2N4O2. The number of phenols is 1. The maximum Gasteiger partial charge on any atom is 0.287 e. The van der Waals surface area contributed by atoms with Crippen LogP contribution in [0.4, 0.5) is 5.69 Å². The highest BCUT2D eigenvalue weighted by Crippen LogP contribution is 2.35. The van der Waals surface area contributed by atoms with Gasteiger partial charge in [-0.15, -0.1) is 0 Å². The number of rotatable bonds is 5. The second kappa shape index (κ2) is 9.91. The molecule has 1 amide bonds. The van der Waals surface area contributed by atoms with Gasteiger partial charge in [0.1, 0.15) is 6.34 Å². The van der Waals surface area contributed by atoms with E-state index in [1.807, 2.05) is 60.7 Å². The standard InChI is InChI=1S/C22H18Cl2N4O2/c23-17-11-16(12-18(24)20(17)29)26-13-27-21(25)22(30)28-19(14-7-3-1-4-8-14)15-9-5-2-6-10-15/h1-13,19,29H,(H,28,30)(H2,25,26,27). The number of halogens is 2. The number of nitrogens with zero attached hydrogens (tertiary/aromatic N) is 2. The summed E-state index contributed by atoms with van der Waals surface area (Å²) in [5, 5.41) is 12.6. The fraction of sp³-hybridized carbons (Fsp3) is 0.0455. The summed E-state index contributed by atoms with van der Waals surface area (Å²) in [6.07, 6.45) is 1.12. The second-order valence-electron chi connectivity index (χ2n) is 6.24. The van der Waals surface area contributed by atoms with Gasteiger partial charge in [-0.3, -0.25) is 4.79 Å². The van der Waals surface area contributed by atoms with Crippen LogP contribution in [0.3, 0.4) is 0 Å². The van der Waals surface area contributed by atoms with Crippen LogP contribution in [0.2, 0.25) is 10.0 Å². The highest BCUT2D eigenvalue weighted by Gasteiger charge is 2.18. The molecule has 0 aliphatic rings. The molecule has 0 bridgehead atoms. The van der Waals surface area contributed by atoms with E-state index in [0.29, 0.717) is 5.69 Å². The Balaban J connectivity index is 1.77. The molecule has 0 aliphatic heterocycles. The van der Waals surface area contributed by atoms with Crippen molar-refractivity contribution in [2.24, 2.45) is 15.7 Å². The lowest BCUT2D eigenvalue weighted by Crippen LogP contribution is -2.39. The molecule has 152 valence electrons. The number of amides is 1. The molecule has 0 aliphatic carbocycles. The lowest BCUT2D eigenvalue weighted by molar-refractivity contribution is -0.115. The Hall–Kier alpha value is -3.35. The van der Waals surface area contributed by atoms with Crippen molar-refractivity contribution in [3.8, 4) is 5.75 Å². The number of phenolic OH excluding ortho intramolecular Hbond substituents is 1. The number of benzene rings is 3. The minimum atomic E-state index is -0.541. The maximum absolute atomic E-state index is 12.6. The summed E-state index contributed by atoms with van der Waals surface area (Å²) in [7, 11) is 0. The van der Waals surface area contributed by atoms with Crippen molar-refractivity contribution in [1.29, 1.82) is 0 Å². The molecule has 0 unspecified atom stereocenters. The Kier molecular flexibility index (Phi) is 7.06. The van der Waals surface area contributed by atoms with E-state index < -0.39 is 5.91 Å². The van der Waals surface area contributed by atoms with Crippen molar-refractivity contribution >= 4 is 47.0 Å². The summed E-state index contributed by atoms with van der Waals surface area (Å²) in [4.78, 5) is 20.5. The molecule has 30 heavy (non-hydrogen) atoms. The largest absolute Gasteiger partial charge is 0.505 e. The zero-order valence-electron chi connectivity index (χ0n) is 15.7. The van der Waals surface area contributed by atoms with Crippen LogP contribution in [0, 0.1) is 0 Å². The number of amidine groups is 1.